The average molecular weight is 365 g/mol. The molecule has 0 aliphatic carbocycles. The molecule has 0 fully saturated rings. The van der Waals surface area contributed by atoms with Crippen LogP contribution in [0.3, 0.4) is 0 Å². The number of hydrogen-bond donors (Lipinski definition) is 2. The van der Waals surface area contributed by atoms with E-state index < -0.39 is 5.97 Å². The molecule has 0 bridgehead atoms. The Morgan fingerprint density at radius 3 is 2.59 bits per heavy atom. The molecule has 2 N–H and O–H groups in total. The highest BCUT2D eigenvalue weighted by molar-refractivity contribution is 5.81. The number of hydrogen-bond acceptors (Lipinski definition) is 5. The molecule has 0 radical (unpaired) electrons. The number of anilines is 2. The molecule has 0 aliphatic rings. The zero-order valence-corrected chi connectivity index (χ0v) is 15.7. The van der Waals surface area contributed by atoms with E-state index in [0.717, 1.165) is 34.5 Å². The molecule has 0 spiro atoms. The Morgan fingerprint density at radius 1 is 1.26 bits per heavy atom. The number of carboxylic acid groups (broad SMARTS) is 1. The minimum atomic E-state index is -0.792. The van der Waals surface area contributed by atoms with Gasteiger partial charge in [-0.15, -0.1) is 0 Å². The first kappa shape index (κ1) is 18.6. The zero-order chi connectivity index (χ0) is 19.4. The van der Waals surface area contributed by atoms with Gasteiger partial charge in [-0.05, 0) is 30.9 Å². The van der Waals surface area contributed by atoms with Gasteiger partial charge >= 0.3 is 5.97 Å². The first-order chi connectivity index (χ1) is 13.0. The lowest BCUT2D eigenvalue weighted by Gasteiger charge is -2.17. The largest absolute Gasteiger partial charge is 0.481 e. The van der Waals surface area contributed by atoms with Gasteiger partial charge in [0.1, 0.15) is 5.82 Å². The predicted molar refractivity (Wildman–Crippen MR) is 104 cm³/mol. The molecule has 3 aromatic rings. The second kappa shape index (κ2) is 7.99. The topological polar surface area (TPSA) is 92.9 Å². The molecule has 140 valence electrons. The number of nitrogens with one attached hydrogen (secondary N) is 1. The van der Waals surface area contributed by atoms with Crippen molar-refractivity contribution in [2.45, 2.75) is 32.6 Å². The summed E-state index contributed by atoms with van der Waals surface area (Å²) in [6.45, 7) is 3.84. The van der Waals surface area contributed by atoms with Gasteiger partial charge < -0.3 is 10.4 Å². The third kappa shape index (κ3) is 4.49. The van der Waals surface area contributed by atoms with Crippen molar-refractivity contribution in [2.75, 3.05) is 5.32 Å². The number of aryl methyl sites for hydroxylation is 2. The second-order valence-electron chi connectivity index (χ2n) is 6.55. The summed E-state index contributed by atoms with van der Waals surface area (Å²) >= 11 is 0. The summed E-state index contributed by atoms with van der Waals surface area (Å²) in [5.41, 5.74) is 4.59. The molecule has 2 heterocycles. The molecule has 3 rings (SSSR count). The number of aliphatic carboxylic acids is 1. The fourth-order valence-electron chi connectivity index (χ4n) is 3.05. The zero-order valence-electron chi connectivity index (χ0n) is 15.7. The number of carbonyl (C=O) groups is 1. The Kier molecular flexibility index (Phi) is 5.49. The van der Waals surface area contributed by atoms with Crippen LogP contribution in [0.5, 0.6) is 0 Å². The number of aromatic nitrogens is 4. The Hall–Kier alpha value is -3.22. The maximum Gasteiger partial charge on any atom is 0.303 e. The maximum atomic E-state index is 11.2. The summed E-state index contributed by atoms with van der Waals surface area (Å²) in [7, 11) is 1.87. The van der Waals surface area contributed by atoms with Crippen LogP contribution < -0.4 is 5.32 Å². The Labute approximate surface area is 158 Å². The fraction of sp³-hybridized carbons (Fsp3) is 0.300. The van der Waals surface area contributed by atoms with E-state index in [0.29, 0.717) is 5.82 Å². The summed E-state index contributed by atoms with van der Waals surface area (Å²) in [6.07, 6.45) is 8.08. The van der Waals surface area contributed by atoms with Crippen LogP contribution in [-0.2, 0) is 11.8 Å². The molecule has 27 heavy (non-hydrogen) atoms. The van der Waals surface area contributed by atoms with Crippen LogP contribution in [0.1, 0.15) is 37.1 Å². The third-order valence-corrected chi connectivity index (χ3v) is 4.50. The Balaban J connectivity index is 2.02. The molecule has 0 unspecified atom stereocenters. The lowest BCUT2D eigenvalue weighted by Crippen LogP contribution is -2.06. The molecule has 1 aromatic carbocycles. The van der Waals surface area contributed by atoms with Crippen molar-refractivity contribution in [3.8, 4) is 11.1 Å². The van der Waals surface area contributed by atoms with E-state index in [4.69, 9.17) is 0 Å². The summed E-state index contributed by atoms with van der Waals surface area (Å²) < 4.78 is 1.75. The number of carboxylic acids is 1. The van der Waals surface area contributed by atoms with Crippen molar-refractivity contribution in [2.24, 2.45) is 7.05 Å². The molecule has 0 saturated heterocycles. The molecule has 0 amide bonds. The van der Waals surface area contributed by atoms with Gasteiger partial charge in [-0.3, -0.25) is 9.48 Å². The van der Waals surface area contributed by atoms with E-state index in [-0.39, 0.29) is 12.3 Å². The summed E-state index contributed by atoms with van der Waals surface area (Å²) in [5, 5.41) is 16.8. The van der Waals surface area contributed by atoms with Crippen LogP contribution in [0.2, 0.25) is 0 Å². The van der Waals surface area contributed by atoms with E-state index in [1.807, 2.05) is 45.3 Å². The normalized spacial score (nSPS) is 12.0. The molecule has 2 aromatic heterocycles. The number of nitrogens with zero attached hydrogens (tertiary/aromatic N) is 4. The second-order valence-corrected chi connectivity index (χ2v) is 6.55. The van der Waals surface area contributed by atoms with Gasteiger partial charge in [-0.1, -0.05) is 19.1 Å². The summed E-state index contributed by atoms with van der Waals surface area (Å²) in [6, 6.07) is 6.02. The molecule has 0 saturated carbocycles. The van der Waals surface area contributed by atoms with Gasteiger partial charge in [0.05, 0.1) is 30.7 Å². The van der Waals surface area contributed by atoms with E-state index in [1.165, 1.54) is 0 Å². The summed E-state index contributed by atoms with van der Waals surface area (Å²) in [5.74, 6) is -0.130. The highest BCUT2D eigenvalue weighted by Gasteiger charge is 2.17. The maximum absolute atomic E-state index is 11.2. The highest BCUT2D eigenvalue weighted by atomic mass is 16.4. The summed E-state index contributed by atoms with van der Waals surface area (Å²) in [4.78, 5) is 19.7. The smallest absolute Gasteiger partial charge is 0.303 e. The van der Waals surface area contributed by atoms with Gasteiger partial charge in [-0.2, -0.15) is 5.10 Å². The molecule has 7 heteroatoms. The van der Waals surface area contributed by atoms with Gasteiger partial charge in [0.25, 0.3) is 0 Å². The van der Waals surface area contributed by atoms with Crippen LogP contribution in [-0.4, -0.2) is 30.8 Å². The van der Waals surface area contributed by atoms with Gasteiger partial charge in [-0.25, -0.2) is 9.97 Å². The Bertz CT molecular complexity index is 934. The Morgan fingerprint density at radius 2 is 2.00 bits per heavy atom. The van der Waals surface area contributed by atoms with Crippen molar-refractivity contribution in [1.82, 2.24) is 19.7 Å². The quantitative estimate of drug-likeness (QED) is 0.660. The molecular formula is C20H23N5O2. The minimum Gasteiger partial charge on any atom is -0.481 e. The van der Waals surface area contributed by atoms with Crippen molar-refractivity contribution in [3.63, 3.8) is 0 Å². The van der Waals surface area contributed by atoms with Crippen LogP contribution in [0.25, 0.3) is 11.1 Å². The molecule has 7 nitrogen and oxygen atoms in total. The average Bonchev–Trinajstić information content (AvgIpc) is 3.07. The standard InChI is InChI=1S/C20H23N5O2/c1-4-14(8-20(26)27)15-5-6-18(16-9-23-25(3)12-16)19(7-15)24-17-10-21-13(2)22-11-17/h5-7,9-12,14,24H,4,8H2,1-3H3,(H,26,27)/t14-/m1/s1. The van der Waals surface area contributed by atoms with Crippen molar-refractivity contribution in [3.05, 3.63) is 54.4 Å². The van der Waals surface area contributed by atoms with Crippen LogP contribution in [0.4, 0.5) is 11.4 Å². The third-order valence-electron chi connectivity index (χ3n) is 4.50. The monoisotopic (exact) mass is 365 g/mol. The van der Waals surface area contributed by atoms with Crippen LogP contribution in [0.15, 0.2) is 43.0 Å². The predicted octanol–water partition coefficient (Wildman–Crippen LogP) is 3.90. The lowest BCUT2D eigenvalue weighted by atomic mass is 9.91. The molecular weight excluding hydrogens is 342 g/mol. The van der Waals surface area contributed by atoms with E-state index in [1.54, 1.807) is 23.3 Å². The van der Waals surface area contributed by atoms with Crippen molar-refractivity contribution < 1.29 is 9.90 Å². The van der Waals surface area contributed by atoms with Gasteiger partial charge in [0.15, 0.2) is 0 Å². The van der Waals surface area contributed by atoms with Crippen LogP contribution >= 0.6 is 0 Å². The van der Waals surface area contributed by atoms with E-state index >= 15 is 0 Å². The number of rotatable bonds is 7. The molecule has 0 aliphatic heterocycles. The first-order valence-corrected chi connectivity index (χ1v) is 8.86. The van der Waals surface area contributed by atoms with Crippen molar-refractivity contribution in [1.29, 1.82) is 0 Å². The van der Waals surface area contributed by atoms with Gasteiger partial charge in [0.2, 0.25) is 0 Å². The van der Waals surface area contributed by atoms with Crippen molar-refractivity contribution >= 4 is 17.3 Å². The fourth-order valence-corrected chi connectivity index (χ4v) is 3.05. The highest BCUT2D eigenvalue weighted by Crippen LogP contribution is 2.34. The number of benzene rings is 1. The van der Waals surface area contributed by atoms with Crippen LogP contribution in [0, 0.1) is 6.92 Å². The first-order valence-electron chi connectivity index (χ1n) is 8.86. The molecule has 1 atom stereocenters. The van der Waals surface area contributed by atoms with E-state index in [9.17, 15) is 9.90 Å². The van der Waals surface area contributed by atoms with E-state index in [2.05, 4.69) is 20.4 Å². The SMILES string of the molecule is CC[C@H](CC(=O)O)c1ccc(-c2cnn(C)c2)c(Nc2cnc(C)nc2)c1. The van der Waals surface area contributed by atoms with Gasteiger partial charge in [0, 0.05) is 30.1 Å². The minimum absolute atomic E-state index is 0.0414. The lowest BCUT2D eigenvalue weighted by molar-refractivity contribution is -0.137.